The molecular formula is C19H27N3O4. The Balaban J connectivity index is 2.69. The van der Waals surface area contributed by atoms with E-state index in [4.69, 9.17) is 4.74 Å². The molecule has 0 saturated heterocycles. The highest BCUT2D eigenvalue weighted by Crippen LogP contribution is 2.11. The number of hydrogen-bond acceptors (Lipinski definition) is 5. The van der Waals surface area contributed by atoms with Crippen LogP contribution in [0, 0.1) is 5.92 Å². The van der Waals surface area contributed by atoms with Crippen molar-refractivity contribution < 1.29 is 19.1 Å². The van der Waals surface area contributed by atoms with Crippen molar-refractivity contribution in [2.75, 3.05) is 11.9 Å². The van der Waals surface area contributed by atoms with Gasteiger partial charge in [-0.25, -0.2) is 5.43 Å². The van der Waals surface area contributed by atoms with Crippen molar-refractivity contribution in [3.05, 3.63) is 29.8 Å². The van der Waals surface area contributed by atoms with E-state index in [1.807, 2.05) is 13.8 Å². The summed E-state index contributed by atoms with van der Waals surface area (Å²) in [6, 6.07) is 6.52. The molecule has 0 spiro atoms. The van der Waals surface area contributed by atoms with Crippen LogP contribution < -0.4 is 10.7 Å². The van der Waals surface area contributed by atoms with E-state index in [1.165, 1.54) is 0 Å². The summed E-state index contributed by atoms with van der Waals surface area (Å²) in [5.74, 6) is -1.28. The minimum atomic E-state index is -0.480. The van der Waals surface area contributed by atoms with Crippen molar-refractivity contribution in [3.8, 4) is 0 Å². The predicted molar refractivity (Wildman–Crippen MR) is 101 cm³/mol. The molecular weight excluding hydrogens is 334 g/mol. The first-order valence-electron chi connectivity index (χ1n) is 8.83. The third-order valence-electron chi connectivity index (χ3n) is 3.73. The Kier molecular flexibility index (Phi) is 9.05. The fourth-order valence-electron chi connectivity index (χ4n) is 2.31. The number of amides is 2. The zero-order valence-electron chi connectivity index (χ0n) is 15.8. The largest absolute Gasteiger partial charge is 0.465 e. The van der Waals surface area contributed by atoms with Crippen LogP contribution in [0.2, 0.25) is 0 Å². The van der Waals surface area contributed by atoms with Crippen molar-refractivity contribution in [2.24, 2.45) is 11.0 Å². The zero-order chi connectivity index (χ0) is 19.5. The van der Waals surface area contributed by atoms with Gasteiger partial charge >= 0.3 is 5.97 Å². The molecule has 0 bridgehead atoms. The molecule has 0 saturated carbocycles. The lowest BCUT2D eigenvalue weighted by atomic mass is 10.0. The van der Waals surface area contributed by atoms with Gasteiger partial charge in [-0.05, 0) is 51.0 Å². The maximum absolute atomic E-state index is 12.2. The molecule has 142 valence electrons. The van der Waals surface area contributed by atoms with Gasteiger partial charge in [0.25, 0.3) is 5.91 Å². The predicted octanol–water partition coefficient (Wildman–Crippen LogP) is 3.12. The van der Waals surface area contributed by atoms with Gasteiger partial charge in [-0.1, -0.05) is 13.8 Å². The minimum Gasteiger partial charge on any atom is -0.465 e. The number of esters is 1. The maximum Gasteiger partial charge on any atom is 0.314 e. The van der Waals surface area contributed by atoms with Crippen molar-refractivity contribution in [1.29, 1.82) is 0 Å². The second kappa shape index (κ2) is 11.0. The number of nitrogens with zero attached hydrogens (tertiary/aromatic N) is 1. The van der Waals surface area contributed by atoms with E-state index >= 15 is 0 Å². The number of nitrogens with one attached hydrogen (secondary N) is 2. The summed E-state index contributed by atoms with van der Waals surface area (Å²) in [5.41, 5.74) is 3.97. The molecule has 0 heterocycles. The molecule has 7 nitrogen and oxygen atoms in total. The van der Waals surface area contributed by atoms with Gasteiger partial charge in [0.1, 0.15) is 0 Å². The first-order valence-corrected chi connectivity index (χ1v) is 8.83. The van der Waals surface area contributed by atoms with Gasteiger partial charge in [0.15, 0.2) is 0 Å². The van der Waals surface area contributed by atoms with Crippen molar-refractivity contribution in [2.45, 2.75) is 47.0 Å². The number of hydrogen-bond donors (Lipinski definition) is 2. The lowest BCUT2D eigenvalue weighted by Gasteiger charge is -2.13. The molecule has 0 radical (unpaired) electrons. The van der Waals surface area contributed by atoms with Crippen molar-refractivity contribution in [1.82, 2.24) is 5.43 Å². The van der Waals surface area contributed by atoms with E-state index in [-0.39, 0.29) is 11.9 Å². The van der Waals surface area contributed by atoms with Crippen LogP contribution in [0.4, 0.5) is 5.69 Å². The minimum absolute atomic E-state index is 0.0606. The molecule has 0 aliphatic carbocycles. The Morgan fingerprint density at radius 2 is 1.77 bits per heavy atom. The number of hydrazone groups is 1. The molecule has 0 fully saturated rings. The summed E-state index contributed by atoms with van der Waals surface area (Å²) >= 11 is 0. The van der Waals surface area contributed by atoms with E-state index in [9.17, 15) is 14.4 Å². The van der Waals surface area contributed by atoms with E-state index in [1.54, 1.807) is 38.1 Å². The van der Waals surface area contributed by atoms with Crippen LogP contribution in [0.25, 0.3) is 0 Å². The number of benzene rings is 1. The van der Waals surface area contributed by atoms with Crippen LogP contribution in [0.1, 0.15) is 57.3 Å². The summed E-state index contributed by atoms with van der Waals surface area (Å²) in [7, 11) is 0. The smallest absolute Gasteiger partial charge is 0.314 e. The molecule has 1 unspecified atom stereocenters. The number of ether oxygens (including phenoxy) is 1. The highest BCUT2D eigenvalue weighted by Gasteiger charge is 2.21. The summed E-state index contributed by atoms with van der Waals surface area (Å²) in [6.45, 7) is 7.51. The third-order valence-corrected chi connectivity index (χ3v) is 3.73. The fourth-order valence-corrected chi connectivity index (χ4v) is 2.31. The average molecular weight is 361 g/mol. The van der Waals surface area contributed by atoms with Crippen LogP contribution in [-0.4, -0.2) is 30.1 Å². The van der Waals surface area contributed by atoms with Gasteiger partial charge in [-0.3, -0.25) is 14.4 Å². The lowest BCUT2D eigenvalue weighted by Crippen LogP contribution is -2.27. The van der Waals surface area contributed by atoms with Crippen LogP contribution in [0.15, 0.2) is 29.4 Å². The monoisotopic (exact) mass is 361 g/mol. The Bertz CT molecular complexity index is 653. The molecule has 1 aromatic rings. The van der Waals surface area contributed by atoms with Gasteiger partial charge < -0.3 is 10.1 Å². The van der Waals surface area contributed by atoms with Crippen LogP contribution in [0.5, 0.6) is 0 Å². The molecule has 1 rings (SSSR count). The van der Waals surface area contributed by atoms with E-state index in [0.717, 1.165) is 6.42 Å². The second-order valence-corrected chi connectivity index (χ2v) is 5.78. The lowest BCUT2D eigenvalue weighted by molar-refractivity contribution is -0.145. The van der Waals surface area contributed by atoms with Gasteiger partial charge in [0.05, 0.1) is 12.5 Å². The normalized spacial score (nSPS) is 12.2. The number of anilines is 1. The van der Waals surface area contributed by atoms with E-state index in [0.29, 0.717) is 36.4 Å². The first-order chi connectivity index (χ1) is 12.4. The highest BCUT2D eigenvalue weighted by atomic mass is 16.5. The van der Waals surface area contributed by atoms with E-state index in [2.05, 4.69) is 15.8 Å². The molecule has 1 aromatic carbocycles. The van der Waals surface area contributed by atoms with Crippen LogP contribution in [-0.2, 0) is 14.3 Å². The molecule has 0 aliphatic rings. The molecule has 7 heteroatoms. The van der Waals surface area contributed by atoms with Gasteiger partial charge in [-0.2, -0.15) is 5.10 Å². The molecule has 2 amide bonds. The maximum atomic E-state index is 12.2. The SMILES string of the molecule is CCCC(=O)Nc1ccc(C(=O)NN=C(C)C(CC)C(=O)OCC)cc1. The van der Waals surface area contributed by atoms with Crippen molar-refractivity contribution >= 4 is 29.2 Å². The fraction of sp³-hybridized carbons (Fsp3) is 0.474. The summed E-state index contributed by atoms with van der Waals surface area (Å²) < 4.78 is 5.00. The topological polar surface area (TPSA) is 96.9 Å². The number of carbonyl (C=O) groups is 3. The Morgan fingerprint density at radius 1 is 1.12 bits per heavy atom. The van der Waals surface area contributed by atoms with Gasteiger partial charge in [0, 0.05) is 23.4 Å². The molecule has 1 atom stereocenters. The second-order valence-electron chi connectivity index (χ2n) is 5.78. The zero-order valence-corrected chi connectivity index (χ0v) is 15.8. The third kappa shape index (κ3) is 6.66. The standard InChI is InChI=1S/C19H27N3O4/c1-5-8-17(23)20-15-11-9-14(10-12-15)18(24)22-21-13(4)16(6-2)19(25)26-7-3/h9-12,16H,5-8H2,1-4H3,(H,20,23)(H,22,24). The Labute approximate surface area is 154 Å². The summed E-state index contributed by atoms with van der Waals surface area (Å²) in [6.07, 6.45) is 1.76. The first kappa shape index (κ1) is 21.3. The summed E-state index contributed by atoms with van der Waals surface area (Å²) in [4.78, 5) is 35.6. The van der Waals surface area contributed by atoms with Gasteiger partial charge in [0.2, 0.25) is 5.91 Å². The molecule has 0 aliphatic heterocycles. The Hall–Kier alpha value is -2.70. The van der Waals surface area contributed by atoms with E-state index < -0.39 is 11.8 Å². The molecule has 2 N–H and O–H groups in total. The van der Waals surface area contributed by atoms with Crippen LogP contribution in [0.3, 0.4) is 0 Å². The number of carbonyl (C=O) groups excluding carboxylic acids is 3. The van der Waals surface area contributed by atoms with Crippen molar-refractivity contribution in [3.63, 3.8) is 0 Å². The Morgan fingerprint density at radius 3 is 2.31 bits per heavy atom. The summed E-state index contributed by atoms with van der Waals surface area (Å²) in [5, 5.41) is 6.77. The van der Waals surface area contributed by atoms with Crippen LogP contribution >= 0.6 is 0 Å². The highest BCUT2D eigenvalue weighted by molar-refractivity contribution is 6.02. The molecule has 26 heavy (non-hydrogen) atoms. The van der Waals surface area contributed by atoms with Gasteiger partial charge in [-0.15, -0.1) is 0 Å². The number of rotatable bonds is 9. The molecule has 0 aromatic heterocycles. The average Bonchev–Trinajstić information content (AvgIpc) is 2.61. The quantitative estimate of drug-likeness (QED) is 0.401.